The second-order valence-corrected chi connectivity index (χ2v) is 9.77. The Bertz CT molecular complexity index is 1490. The highest BCUT2D eigenvalue weighted by molar-refractivity contribution is 6.03. The van der Waals surface area contributed by atoms with Gasteiger partial charge >= 0.3 is 6.09 Å². The lowest BCUT2D eigenvalue weighted by Crippen LogP contribution is -2.30. The zero-order chi connectivity index (χ0) is 28.6. The van der Waals surface area contributed by atoms with Crippen molar-refractivity contribution in [3.05, 3.63) is 83.7 Å². The van der Waals surface area contributed by atoms with Crippen LogP contribution in [0.15, 0.2) is 71.3 Å². The zero-order valence-corrected chi connectivity index (χ0v) is 22.9. The molecule has 1 aromatic heterocycles. The van der Waals surface area contributed by atoms with Gasteiger partial charge in [-0.15, -0.1) is 0 Å². The number of carbonyl (C=O) groups excluding carboxylic acids is 2. The summed E-state index contributed by atoms with van der Waals surface area (Å²) in [5.74, 6) is 0.251. The predicted molar refractivity (Wildman–Crippen MR) is 151 cm³/mol. The third-order valence-corrected chi connectivity index (χ3v) is 6.28. The highest BCUT2D eigenvalue weighted by Crippen LogP contribution is 2.32. The number of hydrogen-bond acceptors (Lipinski definition) is 8. The third kappa shape index (κ3) is 7.22. The molecule has 40 heavy (non-hydrogen) atoms. The van der Waals surface area contributed by atoms with Gasteiger partial charge in [0.05, 0.1) is 18.5 Å². The number of methoxy groups -OCH3 is 1. The average Bonchev–Trinajstić information content (AvgIpc) is 3.45. The summed E-state index contributed by atoms with van der Waals surface area (Å²) in [4.78, 5) is 30.4. The van der Waals surface area contributed by atoms with Crippen LogP contribution in [-0.4, -0.2) is 42.8 Å². The first-order valence-electron chi connectivity index (χ1n) is 12.9. The molecule has 0 unspecified atom stereocenters. The van der Waals surface area contributed by atoms with Gasteiger partial charge in [-0.25, -0.2) is 9.18 Å². The molecule has 2 amide bonds. The number of nitrogens with one attached hydrogen (secondary N) is 2. The number of hydrogen-bond donors (Lipinski definition) is 2. The van der Waals surface area contributed by atoms with E-state index in [4.69, 9.17) is 4.52 Å². The van der Waals surface area contributed by atoms with Crippen molar-refractivity contribution in [2.75, 3.05) is 30.9 Å². The van der Waals surface area contributed by atoms with E-state index in [1.807, 2.05) is 31.3 Å². The first-order chi connectivity index (χ1) is 19.2. The summed E-state index contributed by atoms with van der Waals surface area (Å²) in [5.41, 5.74) is 4.14. The Morgan fingerprint density at radius 2 is 1.85 bits per heavy atom. The van der Waals surface area contributed by atoms with Crippen molar-refractivity contribution in [3.8, 4) is 22.8 Å². The van der Waals surface area contributed by atoms with Crippen molar-refractivity contribution in [2.24, 2.45) is 5.92 Å². The molecule has 0 saturated carbocycles. The van der Waals surface area contributed by atoms with Gasteiger partial charge in [0.25, 0.3) is 11.8 Å². The van der Waals surface area contributed by atoms with Gasteiger partial charge in [0.15, 0.2) is 0 Å². The molecular formula is C30H32FN5O4. The smallest absolute Gasteiger partial charge is 0.413 e. The van der Waals surface area contributed by atoms with E-state index in [0.717, 1.165) is 35.5 Å². The molecule has 0 aliphatic heterocycles. The summed E-state index contributed by atoms with van der Waals surface area (Å²) >= 11 is 0. The van der Waals surface area contributed by atoms with Gasteiger partial charge in [-0.05, 0) is 66.4 Å². The van der Waals surface area contributed by atoms with Crippen LogP contribution in [0.2, 0.25) is 0 Å². The Kier molecular flexibility index (Phi) is 9.11. The van der Waals surface area contributed by atoms with Gasteiger partial charge in [0.2, 0.25) is 5.82 Å². The largest absolute Gasteiger partial charge is 0.453 e. The van der Waals surface area contributed by atoms with Gasteiger partial charge in [-0.1, -0.05) is 37.2 Å². The van der Waals surface area contributed by atoms with Gasteiger partial charge in [-0.2, -0.15) is 4.98 Å². The minimum atomic E-state index is -0.851. The van der Waals surface area contributed by atoms with Crippen LogP contribution in [-0.2, 0) is 11.3 Å². The highest BCUT2D eigenvalue weighted by Gasteiger charge is 2.17. The first kappa shape index (κ1) is 28.3. The van der Waals surface area contributed by atoms with Crippen molar-refractivity contribution in [1.82, 2.24) is 15.5 Å². The van der Waals surface area contributed by atoms with Crippen LogP contribution < -0.4 is 15.5 Å². The number of amides is 2. The molecule has 0 radical (unpaired) electrons. The maximum Gasteiger partial charge on any atom is 0.413 e. The molecule has 4 rings (SSSR count). The minimum Gasteiger partial charge on any atom is -0.453 e. The average molecular weight is 546 g/mol. The number of carbonyl (C=O) groups is 2. The summed E-state index contributed by atoms with van der Waals surface area (Å²) in [7, 11) is 3.22. The number of aromatic nitrogens is 2. The number of ether oxygens (including phenoxy) is 1. The highest BCUT2D eigenvalue weighted by atomic mass is 19.1. The maximum atomic E-state index is 13.7. The SMILES string of the molecule is COC(=O)NC(=O)c1cccc(-c2nc(-c3ccc(N(C)CCC(C)C)c(NCc4cccc(F)c4)c3)no2)c1. The normalized spacial score (nSPS) is 10.8. The maximum absolute atomic E-state index is 13.7. The van der Waals surface area contributed by atoms with Crippen molar-refractivity contribution in [1.29, 1.82) is 0 Å². The third-order valence-electron chi connectivity index (χ3n) is 6.28. The Hall–Kier alpha value is -4.73. The van der Waals surface area contributed by atoms with Gasteiger partial charge in [0, 0.05) is 36.8 Å². The fraction of sp³-hybridized carbons (Fsp3) is 0.267. The fourth-order valence-electron chi connectivity index (χ4n) is 4.03. The standard InChI is InChI=1S/C30H32FN5O4/c1-19(2)13-14-36(3)26-12-11-21(17-25(26)32-18-20-7-5-10-24(31)15-20)27-33-29(40-35-27)23-9-6-8-22(16-23)28(37)34-30(38)39-4/h5-12,15-17,19,32H,13-14,18H2,1-4H3,(H,34,37,38). The van der Waals surface area contributed by atoms with Gasteiger partial charge in [-0.3, -0.25) is 10.1 Å². The van der Waals surface area contributed by atoms with Crippen molar-refractivity contribution < 1.29 is 23.2 Å². The molecule has 0 saturated heterocycles. The van der Waals surface area contributed by atoms with Crippen LogP contribution in [0.25, 0.3) is 22.8 Å². The number of anilines is 2. The van der Waals surface area contributed by atoms with E-state index in [9.17, 15) is 14.0 Å². The van der Waals surface area contributed by atoms with Crippen LogP contribution >= 0.6 is 0 Å². The summed E-state index contributed by atoms with van der Waals surface area (Å²) in [6.45, 7) is 5.69. The topological polar surface area (TPSA) is 110 Å². The van der Waals surface area contributed by atoms with E-state index in [2.05, 4.69) is 44.3 Å². The summed E-state index contributed by atoms with van der Waals surface area (Å²) in [6, 6.07) is 18.8. The number of alkyl carbamates (subject to hydrolysis) is 1. The molecule has 4 aromatic rings. The minimum absolute atomic E-state index is 0.218. The van der Waals surface area contributed by atoms with E-state index in [1.165, 1.54) is 19.2 Å². The molecule has 208 valence electrons. The predicted octanol–water partition coefficient (Wildman–Crippen LogP) is 6.13. The van der Waals surface area contributed by atoms with Crippen molar-refractivity contribution in [3.63, 3.8) is 0 Å². The second kappa shape index (κ2) is 12.9. The molecule has 0 atom stereocenters. The van der Waals surface area contributed by atoms with Gasteiger partial charge < -0.3 is 19.5 Å². The van der Waals surface area contributed by atoms with E-state index in [1.54, 1.807) is 30.3 Å². The van der Waals surface area contributed by atoms with Crippen LogP contribution in [0.4, 0.5) is 20.6 Å². The van der Waals surface area contributed by atoms with Crippen molar-refractivity contribution >= 4 is 23.4 Å². The molecule has 0 spiro atoms. The van der Waals surface area contributed by atoms with Crippen LogP contribution in [0, 0.1) is 11.7 Å². The van der Waals surface area contributed by atoms with Gasteiger partial charge in [0.1, 0.15) is 5.82 Å². The Labute approximate surface area is 232 Å². The molecule has 0 aliphatic rings. The van der Waals surface area contributed by atoms with Crippen LogP contribution in [0.5, 0.6) is 0 Å². The monoisotopic (exact) mass is 545 g/mol. The molecule has 0 bridgehead atoms. The lowest BCUT2D eigenvalue weighted by Gasteiger charge is -2.24. The molecule has 0 fully saturated rings. The summed E-state index contributed by atoms with van der Waals surface area (Å²) < 4.78 is 23.7. The van der Waals surface area contributed by atoms with E-state index < -0.39 is 12.0 Å². The van der Waals surface area contributed by atoms with E-state index in [0.29, 0.717) is 23.9 Å². The molecule has 2 N–H and O–H groups in total. The number of imide groups is 1. The quantitative estimate of drug-likeness (QED) is 0.245. The number of halogens is 1. The Balaban J connectivity index is 1.60. The van der Waals surface area contributed by atoms with E-state index >= 15 is 0 Å². The molecule has 9 nitrogen and oxygen atoms in total. The molecule has 10 heteroatoms. The second-order valence-electron chi connectivity index (χ2n) is 9.77. The molecular weight excluding hydrogens is 513 g/mol. The fourth-order valence-corrected chi connectivity index (χ4v) is 4.03. The lowest BCUT2D eigenvalue weighted by molar-refractivity contribution is 0.0937. The van der Waals surface area contributed by atoms with Crippen LogP contribution in [0.3, 0.4) is 0 Å². The number of rotatable bonds is 10. The van der Waals surface area contributed by atoms with E-state index in [-0.39, 0.29) is 17.3 Å². The number of nitrogens with zero attached hydrogens (tertiary/aromatic N) is 3. The lowest BCUT2D eigenvalue weighted by atomic mass is 10.1. The first-order valence-corrected chi connectivity index (χ1v) is 12.9. The zero-order valence-electron chi connectivity index (χ0n) is 22.9. The van der Waals surface area contributed by atoms with Crippen LogP contribution in [0.1, 0.15) is 36.2 Å². The summed E-state index contributed by atoms with van der Waals surface area (Å²) in [5, 5.41) is 9.71. The summed E-state index contributed by atoms with van der Waals surface area (Å²) in [6.07, 6.45) is 0.183. The molecule has 1 heterocycles. The van der Waals surface area contributed by atoms with Crippen molar-refractivity contribution in [2.45, 2.75) is 26.8 Å². The Morgan fingerprint density at radius 1 is 1.05 bits per heavy atom. The molecule has 0 aliphatic carbocycles. The Morgan fingerprint density at radius 3 is 2.60 bits per heavy atom. The molecule has 3 aromatic carbocycles. The number of benzene rings is 3.